The quantitative estimate of drug-likeness (QED) is 0.744. The van der Waals surface area contributed by atoms with E-state index >= 15 is 0 Å². The Balaban J connectivity index is 1.90. The molecule has 2 aliphatic rings. The monoisotopic (exact) mass is 231 g/mol. The first-order chi connectivity index (χ1) is 8.25. The van der Waals surface area contributed by atoms with Gasteiger partial charge in [-0.2, -0.15) is 0 Å². The lowest BCUT2D eigenvalue weighted by molar-refractivity contribution is 0.340. The molecule has 3 heteroatoms. The highest BCUT2D eigenvalue weighted by Crippen LogP contribution is 2.40. The van der Waals surface area contributed by atoms with E-state index in [9.17, 15) is 0 Å². The average Bonchev–Trinajstić information content (AvgIpc) is 2.64. The first-order valence-electron chi connectivity index (χ1n) is 6.83. The zero-order valence-corrected chi connectivity index (χ0v) is 10.8. The number of hydrogen-bond acceptors (Lipinski definition) is 3. The van der Waals surface area contributed by atoms with Crippen molar-refractivity contribution in [1.29, 1.82) is 0 Å². The summed E-state index contributed by atoms with van der Waals surface area (Å²) in [6.07, 6.45) is 8.72. The van der Waals surface area contributed by atoms with Gasteiger partial charge in [-0.25, -0.2) is 9.97 Å². The van der Waals surface area contributed by atoms with Gasteiger partial charge >= 0.3 is 0 Å². The minimum atomic E-state index is 0.602. The molecule has 0 amide bonds. The number of aryl methyl sites for hydroxylation is 1. The molecule has 1 aliphatic carbocycles. The van der Waals surface area contributed by atoms with E-state index in [2.05, 4.69) is 21.8 Å². The summed E-state index contributed by atoms with van der Waals surface area (Å²) in [7, 11) is 0. The molecule has 2 heterocycles. The summed E-state index contributed by atoms with van der Waals surface area (Å²) in [5.74, 6) is 1.83. The summed E-state index contributed by atoms with van der Waals surface area (Å²) in [5.41, 5.74) is 1.07. The third-order valence-electron chi connectivity index (χ3n) is 4.36. The molecule has 0 radical (unpaired) electrons. The van der Waals surface area contributed by atoms with E-state index in [0.717, 1.165) is 17.6 Å². The maximum absolute atomic E-state index is 4.61. The first-order valence-corrected chi connectivity index (χ1v) is 6.83. The van der Waals surface area contributed by atoms with Gasteiger partial charge in [0.05, 0.1) is 0 Å². The van der Waals surface area contributed by atoms with Gasteiger partial charge in [0.15, 0.2) is 0 Å². The predicted molar refractivity (Wildman–Crippen MR) is 69.1 cm³/mol. The largest absolute Gasteiger partial charge is 0.335 e. The van der Waals surface area contributed by atoms with Crippen LogP contribution in [0.2, 0.25) is 0 Å². The van der Waals surface area contributed by atoms with Crippen molar-refractivity contribution in [3.8, 4) is 0 Å². The molecule has 92 valence electrons. The van der Waals surface area contributed by atoms with Crippen LogP contribution in [0, 0.1) is 12.8 Å². The van der Waals surface area contributed by atoms with E-state index in [1.165, 1.54) is 32.1 Å². The number of rotatable bonds is 1. The van der Waals surface area contributed by atoms with Crippen LogP contribution in [-0.4, -0.2) is 22.1 Å². The van der Waals surface area contributed by atoms with Crippen molar-refractivity contribution < 1.29 is 0 Å². The molecule has 0 bridgehead atoms. The molecule has 1 aromatic heterocycles. The van der Waals surface area contributed by atoms with Gasteiger partial charge < -0.3 is 4.90 Å². The molecule has 3 atom stereocenters. The first kappa shape index (κ1) is 11.0. The summed E-state index contributed by atoms with van der Waals surface area (Å²) < 4.78 is 0. The van der Waals surface area contributed by atoms with Crippen LogP contribution in [0.5, 0.6) is 0 Å². The van der Waals surface area contributed by atoms with Crippen LogP contribution in [0.4, 0.5) is 5.95 Å². The minimum absolute atomic E-state index is 0.602. The van der Waals surface area contributed by atoms with Crippen molar-refractivity contribution in [2.24, 2.45) is 5.92 Å². The summed E-state index contributed by atoms with van der Waals surface area (Å²) in [6, 6.07) is 3.27. The van der Waals surface area contributed by atoms with Crippen LogP contribution in [0.15, 0.2) is 12.3 Å². The Morgan fingerprint density at radius 1 is 1.29 bits per heavy atom. The van der Waals surface area contributed by atoms with E-state index in [0.29, 0.717) is 12.1 Å². The number of nitrogens with zero attached hydrogens (tertiary/aromatic N) is 3. The van der Waals surface area contributed by atoms with Gasteiger partial charge in [-0.15, -0.1) is 0 Å². The van der Waals surface area contributed by atoms with E-state index in [-0.39, 0.29) is 0 Å². The Morgan fingerprint density at radius 3 is 2.94 bits per heavy atom. The van der Waals surface area contributed by atoms with Gasteiger partial charge in [0, 0.05) is 24.0 Å². The zero-order valence-electron chi connectivity index (χ0n) is 10.8. The number of anilines is 1. The van der Waals surface area contributed by atoms with Crippen LogP contribution in [0.1, 0.15) is 44.7 Å². The lowest BCUT2D eigenvalue weighted by atomic mass is 9.85. The molecule has 3 unspecified atom stereocenters. The fourth-order valence-corrected chi connectivity index (χ4v) is 3.61. The van der Waals surface area contributed by atoms with Crippen molar-refractivity contribution in [1.82, 2.24) is 9.97 Å². The number of fused-ring (bicyclic) bond motifs is 1. The van der Waals surface area contributed by atoms with E-state index < -0.39 is 0 Å². The van der Waals surface area contributed by atoms with Gasteiger partial charge in [0.25, 0.3) is 0 Å². The van der Waals surface area contributed by atoms with Crippen LogP contribution in [0.3, 0.4) is 0 Å². The molecule has 1 saturated carbocycles. The van der Waals surface area contributed by atoms with Crippen molar-refractivity contribution in [3.05, 3.63) is 18.0 Å². The second-order valence-corrected chi connectivity index (χ2v) is 5.60. The Kier molecular flexibility index (Phi) is 2.77. The highest BCUT2D eigenvalue weighted by Gasteiger charge is 2.41. The van der Waals surface area contributed by atoms with Crippen LogP contribution >= 0.6 is 0 Å². The molecule has 1 aliphatic heterocycles. The van der Waals surface area contributed by atoms with Gasteiger partial charge in [-0.3, -0.25) is 0 Å². The Morgan fingerprint density at radius 2 is 2.12 bits per heavy atom. The molecule has 0 aromatic carbocycles. The smallest absolute Gasteiger partial charge is 0.226 e. The third kappa shape index (κ3) is 1.92. The van der Waals surface area contributed by atoms with Crippen LogP contribution in [0.25, 0.3) is 0 Å². The molecular weight excluding hydrogens is 210 g/mol. The van der Waals surface area contributed by atoms with Crippen LogP contribution in [-0.2, 0) is 0 Å². The highest BCUT2D eigenvalue weighted by molar-refractivity contribution is 5.36. The van der Waals surface area contributed by atoms with Crippen molar-refractivity contribution in [2.75, 3.05) is 4.90 Å². The van der Waals surface area contributed by atoms with Gasteiger partial charge in [-0.05, 0) is 45.1 Å². The summed E-state index contributed by atoms with van der Waals surface area (Å²) in [5, 5.41) is 0. The van der Waals surface area contributed by atoms with Gasteiger partial charge in [-0.1, -0.05) is 12.8 Å². The van der Waals surface area contributed by atoms with E-state index in [4.69, 9.17) is 0 Å². The summed E-state index contributed by atoms with van der Waals surface area (Å²) >= 11 is 0. The molecule has 3 nitrogen and oxygen atoms in total. The average molecular weight is 231 g/mol. The van der Waals surface area contributed by atoms with Crippen molar-refractivity contribution in [3.63, 3.8) is 0 Å². The van der Waals surface area contributed by atoms with E-state index in [1.54, 1.807) is 0 Å². The predicted octanol–water partition coefficient (Wildman–Crippen LogP) is 2.94. The lowest BCUT2D eigenvalue weighted by Gasteiger charge is -2.33. The fraction of sp³-hybridized carbons (Fsp3) is 0.714. The summed E-state index contributed by atoms with van der Waals surface area (Å²) in [4.78, 5) is 11.6. The maximum Gasteiger partial charge on any atom is 0.226 e. The molecule has 17 heavy (non-hydrogen) atoms. The Hall–Kier alpha value is -1.12. The molecule has 2 fully saturated rings. The highest BCUT2D eigenvalue weighted by atomic mass is 15.3. The Labute approximate surface area is 103 Å². The molecule has 0 spiro atoms. The van der Waals surface area contributed by atoms with Crippen LogP contribution < -0.4 is 4.90 Å². The van der Waals surface area contributed by atoms with Gasteiger partial charge in [0.1, 0.15) is 0 Å². The lowest BCUT2D eigenvalue weighted by Crippen LogP contribution is -2.39. The standard InChI is InChI=1S/C14H21N3/c1-10-7-8-15-14(16-10)17-11(2)9-12-5-3-4-6-13(12)17/h7-8,11-13H,3-6,9H2,1-2H3. The zero-order chi connectivity index (χ0) is 11.8. The van der Waals surface area contributed by atoms with Crippen molar-refractivity contribution in [2.45, 2.75) is 58.0 Å². The van der Waals surface area contributed by atoms with Crippen molar-refractivity contribution >= 4 is 5.95 Å². The number of hydrogen-bond donors (Lipinski definition) is 0. The SMILES string of the molecule is Cc1ccnc(N2C(C)CC3CCCCC32)n1. The minimum Gasteiger partial charge on any atom is -0.335 e. The third-order valence-corrected chi connectivity index (χ3v) is 4.36. The molecule has 3 rings (SSSR count). The second-order valence-electron chi connectivity index (χ2n) is 5.60. The molecule has 1 saturated heterocycles. The fourth-order valence-electron chi connectivity index (χ4n) is 3.61. The number of aromatic nitrogens is 2. The molecular formula is C14H21N3. The maximum atomic E-state index is 4.61. The summed E-state index contributed by atoms with van der Waals surface area (Å²) in [6.45, 7) is 4.37. The van der Waals surface area contributed by atoms with E-state index in [1.807, 2.05) is 19.2 Å². The topological polar surface area (TPSA) is 29.0 Å². The van der Waals surface area contributed by atoms with Gasteiger partial charge in [0.2, 0.25) is 5.95 Å². The molecule has 1 aromatic rings. The normalized spacial score (nSPS) is 32.6. The second kappa shape index (κ2) is 4.28. The molecule has 0 N–H and O–H groups in total. The Bertz CT molecular complexity index is 404.